The molecule has 160 valence electrons. The fourth-order valence-corrected chi connectivity index (χ4v) is 4.12. The van der Waals surface area contributed by atoms with Gasteiger partial charge < -0.3 is 9.88 Å². The number of hydrogen-bond acceptors (Lipinski definition) is 6. The number of pyridine rings is 3. The van der Waals surface area contributed by atoms with Crippen LogP contribution < -0.4 is 4.90 Å². The van der Waals surface area contributed by atoms with E-state index in [1.165, 1.54) is 0 Å². The molecule has 0 unspecified atom stereocenters. The molecule has 0 bridgehead atoms. The number of H-pyrrole nitrogens is 2. The fraction of sp³-hybridized carbons (Fsp3) is 0.227. The molecule has 5 aromatic heterocycles. The summed E-state index contributed by atoms with van der Waals surface area (Å²) in [6.07, 6.45) is 6.54. The van der Waals surface area contributed by atoms with Crippen molar-refractivity contribution in [1.29, 1.82) is 0 Å². The van der Waals surface area contributed by atoms with Crippen molar-refractivity contribution in [3.63, 3.8) is 0 Å². The number of rotatable bonds is 3. The fourth-order valence-electron chi connectivity index (χ4n) is 4.12. The summed E-state index contributed by atoms with van der Waals surface area (Å²) < 4.78 is 27.2. The Morgan fingerprint density at radius 1 is 1.03 bits per heavy atom. The molecule has 8 nitrogen and oxygen atoms in total. The van der Waals surface area contributed by atoms with Crippen LogP contribution in [-0.4, -0.2) is 54.1 Å². The van der Waals surface area contributed by atoms with E-state index in [1.807, 2.05) is 29.2 Å². The summed E-state index contributed by atoms with van der Waals surface area (Å²) >= 11 is 0. The maximum absolute atomic E-state index is 13.6. The molecule has 1 fully saturated rings. The highest BCUT2D eigenvalue weighted by Crippen LogP contribution is 2.34. The number of alkyl halides is 2. The van der Waals surface area contributed by atoms with Gasteiger partial charge in [0.15, 0.2) is 11.5 Å². The molecule has 2 N–H and O–H groups in total. The van der Waals surface area contributed by atoms with Gasteiger partial charge in [-0.25, -0.2) is 18.7 Å². The minimum absolute atomic E-state index is 0.161. The first kappa shape index (κ1) is 18.8. The Labute approximate surface area is 180 Å². The molecule has 5 aromatic rings. The maximum Gasteiger partial charge on any atom is 0.251 e. The number of halogens is 2. The van der Waals surface area contributed by atoms with Gasteiger partial charge >= 0.3 is 0 Å². The molecule has 0 radical (unpaired) electrons. The lowest BCUT2D eigenvalue weighted by atomic mass is 10.1. The lowest BCUT2D eigenvalue weighted by Crippen LogP contribution is -2.39. The third-order valence-electron chi connectivity index (χ3n) is 5.83. The summed E-state index contributed by atoms with van der Waals surface area (Å²) in [7, 11) is 0. The van der Waals surface area contributed by atoms with Crippen molar-refractivity contribution in [2.45, 2.75) is 18.8 Å². The lowest BCUT2D eigenvalue weighted by molar-refractivity contribution is -0.0220. The summed E-state index contributed by atoms with van der Waals surface area (Å²) in [6, 6.07) is 7.58. The van der Waals surface area contributed by atoms with Crippen LogP contribution in [-0.2, 0) is 0 Å². The van der Waals surface area contributed by atoms with Gasteiger partial charge in [0, 0.05) is 55.5 Å². The molecule has 10 heteroatoms. The lowest BCUT2D eigenvalue weighted by Gasteiger charge is -2.33. The highest BCUT2D eigenvalue weighted by Gasteiger charge is 2.34. The summed E-state index contributed by atoms with van der Waals surface area (Å²) in [6.45, 7) is 0.567. The number of piperidine rings is 1. The van der Waals surface area contributed by atoms with Crippen LogP contribution in [0.15, 0.2) is 49.1 Å². The number of nitrogens with one attached hydrogen (secondary N) is 2. The first-order chi connectivity index (χ1) is 15.6. The maximum atomic E-state index is 13.6. The van der Waals surface area contributed by atoms with Crippen LogP contribution in [0.1, 0.15) is 12.8 Å². The zero-order valence-electron chi connectivity index (χ0n) is 16.9. The molecule has 1 saturated heterocycles. The van der Waals surface area contributed by atoms with Crippen LogP contribution >= 0.6 is 0 Å². The number of aromatic amines is 2. The van der Waals surface area contributed by atoms with Crippen LogP contribution in [0.4, 0.5) is 14.5 Å². The van der Waals surface area contributed by atoms with Crippen molar-refractivity contribution in [1.82, 2.24) is 35.1 Å². The van der Waals surface area contributed by atoms with E-state index >= 15 is 0 Å². The molecule has 1 aliphatic heterocycles. The second-order valence-corrected chi connectivity index (χ2v) is 7.89. The molecule has 32 heavy (non-hydrogen) atoms. The number of anilines is 1. The van der Waals surface area contributed by atoms with Crippen molar-refractivity contribution >= 4 is 27.8 Å². The Kier molecular flexibility index (Phi) is 4.14. The third kappa shape index (κ3) is 3.15. The van der Waals surface area contributed by atoms with E-state index in [4.69, 9.17) is 0 Å². The molecule has 0 saturated carbocycles. The van der Waals surface area contributed by atoms with Gasteiger partial charge in [-0.3, -0.25) is 15.1 Å². The van der Waals surface area contributed by atoms with E-state index in [1.54, 1.807) is 24.8 Å². The minimum atomic E-state index is -2.60. The third-order valence-corrected chi connectivity index (χ3v) is 5.83. The smallest absolute Gasteiger partial charge is 0.251 e. The molecule has 0 aliphatic carbocycles. The van der Waals surface area contributed by atoms with E-state index in [2.05, 4.69) is 35.1 Å². The highest BCUT2D eigenvalue weighted by atomic mass is 19.3. The number of fused-ring (bicyclic) bond motifs is 2. The molecular weight excluding hydrogens is 414 g/mol. The average molecular weight is 432 g/mol. The van der Waals surface area contributed by atoms with Gasteiger partial charge in [0.05, 0.1) is 23.1 Å². The summed E-state index contributed by atoms with van der Waals surface area (Å²) in [4.78, 5) is 22.9. The minimum Gasteiger partial charge on any atom is -0.369 e. The van der Waals surface area contributed by atoms with Crippen LogP contribution in [0.2, 0.25) is 0 Å². The van der Waals surface area contributed by atoms with Crippen LogP contribution in [0.3, 0.4) is 0 Å². The van der Waals surface area contributed by atoms with E-state index < -0.39 is 5.92 Å². The van der Waals surface area contributed by atoms with E-state index in [0.717, 1.165) is 27.8 Å². The standard InChI is InChI=1S/C22H18F2N8/c23-22(24)4-8-32(9-5-22)17-3-7-26-20-19(17)28-21(29-20)18-14-10-15(13-2-1-6-25-11-13)27-12-16(14)30-31-18/h1-3,6-7,10-12H,4-5,8-9H2,(H,30,31)(H,26,28,29). The zero-order valence-corrected chi connectivity index (χ0v) is 16.9. The second-order valence-electron chi connectivity index (χ2n) is 7.89. The number of nitrogens with zero attached hydrogens (tertiary/aromatic N) is 6. The van der Waals surface area contributed by atoms with Crippen LogP contribution in [0.5, 0.6) is 0 Å². The molecule has 0 atom stereocenters. The Hall–Kier alpha value is -3.95. The number of aromatic nitrogens is 7. The van der Waals surface area contributed by atoms with Gasteiger partial charge in [0.1, 0.15) is 11.2 Å². The van der Waals surface area contributed by atoms with Crippen molar-refractivity contribution in [3.05, 3.63) is 49.1 Å². The Morgan fingerprint density at radius 2 is 1.91 bits per heavy atom. The van der Waals surface area contributed by atoms with Crippen molar-refractivity contribution < 1.29 is 8.78 Å². The average Bonchev–Trinajstić information content (AvgIpc) is 3.43. The number of hydrogen-bond donors (Lipinski definition) is 2. The molecule has 0 amide bonds. The summed E-state index contributed by atoms with van der Waals surface area (Å²) in [5.74, 6) is -2.05. The SMILES string of the molecule is FC1(F)CCN(c2ccnc3nc(-c4n[nH]c5cnc(-c6cccnc6)cc45)[nH]c23)CC1. The zero-order chi connectivity index (χ0) is 21.7. The first-order valence-corrected chi connectivity index (χ1v) is 10.3. The van der Waals surface area contributed by atoms with Gasteiger partial charge in [-0.05, 0) is 24.3 Å². The van der Waals surface area contributed by atoms with Gasteiger partial charge in [-0.1, -0.05) is 0 Å². The Morgan fingerprint density at radius 3 is 2.72 bits per heavy atom. The summed E-state index contributed by atoms with van der Waals surface area (Å²) in [5.41, 5.74) is 5.15. The van der Waals surface area contributed by atoms with Gasteiger partial charge in [-0.15, -0.1) is 0 Å². The van der Waals surface area contributed by atoms with E-state index in [0.29, 0.717) is 22.7 Å². The first-order valence-electron chi connectivity index (χ1n) is 10.3. The molecule has 1 aliphatic rings. The highest BCUT2D eigenvalue weighted by molar-refractivity contribution is 5.95. The van der Waals surface area contributed by atoms with Crippen LogP contribution in [0.25, 0.3) is 44.8 Å². The van der Waals surface area contributed by atoms with Crippen molar-refractivity contribution in [2.24, 2.45) is 0 Å². The largest absolute Gasteiger partial charge is 0.369 e. The molecule has 0 spiro atoms. The monoisotopic (exact) mass is 432 g/mol. The molecule has 0 aromatic carbocycles. The van der Waals surface area contributed by atoms with Gasteiger partial charge in [0.2, 0.25) is 0 Å². The normalized spacial score (nSPS) is 16.1. The van der Waals surface area contributed by atoms with E-state index in [-0.39, 0.29) is 25.9 Å². The topological polar surface area (TPSA) is 99.3 Å². The predicted octanol–water partition coefficient (Wildman–Crippen LogP) is 4.19. The molecular formula is C22H18F2N8. The van der Waals surface area contributed by atoms with Crippen molar-refractivity contribution in [2.75, 3.05) is 18.0 Å². The van der Waals surface area contributed by atoms with Crippen molar-refractivity contribution in [3.8, 4) is 22.8 Å². The quantitative estimate of drug-likeness (QED) is 0.443. The predicted molar refractivity (Wildman–Crippen MR) is 116 cm³/mol. The Bertz CT molecular complexity index is 1420. The summed E-state index contributed by atoms with van der Waals surface area (Å²) in [5, 5.41) is 8.29. The van der Waals surface area contributed by atoms with Gasteiger partial charge in [-0.2, -0.15) is 5.10 Å². The van der Waals surface area contributed by atoms with E-state index in [9.17, 15) is 8.78 Å². The second kappa shape index (κ2) is 7.04. The Balaban J connectivity index is 1.42. The van der Waals surface area contributed by atoms with Gasteiger partial charge in [0.25, 0.3) is 5.92 Å². The van der Waals surface area contributed by atoms with Crippen LogP contribution in [0, 0.1) is 0 Å². The number of imidazole rings is 1. The molecule has 6 heterocycles. The molecule has 6 rings (SSSR count).